The van der Waals surface area contributed by atoms with Crippen LogP contribution in [0.2, 0.25) is 0 Å². The molecule has 1 fully saturated rings. The molecule has 0 unspecified atom stereocenters. The Morgan fingerprint density at radius 3 is 2.61 bits per heavy atom. The Bertz CT molecular complexity index is 891. The number of furan rings is 1. The lowest BCUT2D eigenvalue weighted by Gasteiger charge is -2.33. The molecular weight excluding hydrogens is 544 g/mol. The van der Waals surface area contributed by atoms with Gasteiger partial charge >= 0.3 is 6.18 Å². The zero-order chi connectivity index (χ0) is 23.0. The fraction of sp³-hybridized carbons (Fsp3) is 0.458. The molecule has 0 radical (unpaired) electrons. The highest BCUT2D eigenvalue weighted by Gasteiger charge is 2.30. The van der Waals surface area contributed by atoms with Crippen molar-refractivity contribution >= 4 is 29.9 Å². The zero-order valence-corrected chi connectivity index (χ0v) is 21.2. The molecule has 3 rings (SSSR count). The van der Waals surface area contributed by atoms with Crippen molar-refractivity contribution in [3.8, 4) is 0 Å². The van der Waals surface area contributed by atoms with Crippen molar-refractivity contribution in [3.63, 3.8) is 0 Å². The van der Waals surface area contributed by atoms with E-state index in [0.29, 0.717) is 24.5 Å². The Labute approximate surface area is 210 Å². The monoisotopic (exact) mass is 576 g/mol. The molecule has 1 aromatic carbocycles. The van der Waals surface area contributed by atoms with Crippen molar-refractivity contribution in [1.29, 1.82) is 0 Å². The molecule has 0 amide bonds. The Hall–Kier alpha value is -2.01. The molecule has 9 heteroatoms. The van der Waals surface area contributed by atoms with Crippen molar-refractivity contribution in [2.75, 3.05) is 26.2 Å². The number of rotatable bonds is 8. The molecule has 5 nitrogen and oxygen atoms in total. The van der Waals surface area contributed by atoms with Gasteiger partial charge in [0.1, 0.15) is 5.76 Å². The molecule has 2 N–H and O–H groups in total. The number of likely N-dealkylation sites (tertiary alicyclic amines) is 1. The zero-order valence-electron chi connectivity index (χ0n) is 18.8. The number of piperidine rings is 1. The van der Waals surface area contributed by atoms with Crippen LogP contribution in [0, 0.1) is 0 Å². The molecule has 1 saturated heterocycles. The van der Waals surface area contributed by atoms with Crippen LogP contribution in [-0.2, 0) is 19.1 Å². The van der Waals surface area contributed by atoms with Crippen molar-refractivity contribution < 1.29 is 17.6 Å². The fourth-order valence-corrected chi connectivity index (χ4v) is 3.74. The van der Waals surface area contributed by atoms with Crippen LogP contribution in [0.5, 0.6) is 0 Å². The third-order valence-corrected chi connectivity index (χ3v) is 5.34. The number of hydrogen-bond acceptors (Lipinski definition) is 3. The summed E-state index contributed by atoms with van der Waals surface area (Å²) < 4.78 is 44.4. The van der Waals surface area contributed by atoms with E-state index in [1.165, 1.54) is 6.07 Å². The molecule has 1 aliphatic rings. The number of aliphatic imine (C=N–C) groups is 1. The van der Waals surface area contributed by atoms with Gasteiger partial charge in [0.05, 0.1) is 18.4 Å². The lowest BCUT2D eigenvalue weighted by Crippen LogP contribution is -2.49. The first-order valence-corrected chi connectivity index (χ1v) is 10.9. The maximum atomic E-state index is 13.0. The summed E-state index contributed by atoms with van der Waals surface area (Å²) in [5.41, 5.74) is 1.01. The fourth-order valence-electron chi connectivity index (χ4n) is 3.74. The second-order valence-electron chi connectivity index (χ2n) is 8.27. The first-order valence-electron chi connectivity index (χ1n) is 10.9. The second-order valence-corrected chi connectivity index (χ2v) is 8.27. The highest BCUT2D eigenvalue weighted by atomic mass is 127. The molecule has 0 aliphatic carbocycles. The van der Waals surface area contributed by atoms with Gasteiger partial charge in [-0.25, -0.2) is 4.99 Å². The van der Waals surface area contributed by atoms with Gasteiger partial charge in [0.15, 0.2) is 5.96 Å². The van der Waals surface area contributed by atoms with Crippen LogP contribution in [0.15, 0.2) is 64.2 Å². The molecule has 2 heterocycles. The highest BCUT2D eigenvalue weighted by Crippen LogP contribution is 2.29. The average molecular weight is 576 g/mol. The van der Waals surface area contributed by atoms with Gasteiger partial charge < -0.3 is 15.1 Å². The van der Waals surface area contributed by atoms with Crippen molar-refractivity contribution in [2.24, 2.45) is 4.99 Å². The maximum Gasteiger partial charge on any atom is 0.416 e. The quantitative estimate of drug-likeness (QED) is 0.196. The van der Waals surface area contributed by atoms with Gasteiger partial charge in [-0.1, -0.05) is 24.3 Å². The van der Waals surface area contributed by atoms with E-state index in [0.717, 1.165) is 55.9 Å². The summed E-state index contributed by atoms with van der Waals surface area (Å²) >= 11 is 0. The van der Waals surface area contributed by atoms with Crippen molar-refractivity contribution in [2.45, 2.75) is 44.9 Å². The van der Waals surface area contributed by atoms with Crippen LogP contribution in [0.1, 0.15) is 36.7 Å². The lowest BCUT2D eigenvalue weighted by molar-refractivity contribution is -0.137. The van der Waals surface area contributed by atoms with Crippen LogP contribution in [-0.4, -0.2) is 43.1 Å². The number of nitrogens with one attached hydrogen (secondary N) is 2. The summed E-state index contributed by atoms with van der Waals surface area (Å²) in [6.45, 7) is 9.63. The van der Waals surface area contributed by atoms with Crippen molar-refractivity contribution in [1.82, 2.24) is 15.5 Å². The number of benzene rings is 1. The summed E-state index contributed by atoms with van der Waals surface area (Å²) in [6, 6.07) is 9.32. The third-order valence-electron chi connectivity index (χ3n) is 5.34. The van der Waals surface area contributed by atoms with Gasteiger partial charge in [-0.05, 0) is 49.6 Å². The van der Waals surface area contributed by atoms with E-state index in [4.69, 9.17) is 4.42 Å². The molecule has 1 aliphatic heterocycles. The first-order chi connectivity index (χ1) is 15.3. The van der Waals surface area contributed by atoms with Crippen LogP contribution < -0.4 is 10.6 Å². The van der Waals surface area contributed by atoms with E-state index in [2.05, 4.69) is 27.1 Å². The van der Waals surface area contributed by atoms with Gasteiger partial charge in [-0.2, -0.15) is 13.2 Å². The first kappa shape index (κ1) is 27.2. The molecule has 0 saturated carbocycles. The number of guanidine groups is 1. The molecule has 33 heavy (non-hydrogen) atoms. The SMILES string of the molecule is C=C(C)CN1CCC(NC(=NCc2cccc(C(F)(F)F)c2)NCCc2ccco2)CC1.I. The normalized spacial score (nSPS) is 15.7. The summed E-state index contributed by atoms with van der Waals surface area (Å²) in [6.07, 6.45) is -0.103. The molecule has 0 bridgehead atoms. The van der Waals surface area contributed by atoms with Crippen LogP contribution in [0.3, 0.4) is 0 Å². The smallest absolute Gasteiger partial charge is 0.416 e. The standard InChI is InChI=1S/C24H31F3N4O.HI/c1-18(2)17-31-12-9-21(10-13-31)30-23(28-11-8-22-7-4-14-32-22)29-16-19-5-3-6-20(15-19)24(25,26)27;/h3-7,14-15,21H,1,8-13,16-17H2,2H3,(H2,28,29,30);1H. The van der Waals surface area contributed by atoms with Crippen LogP contribution in [0.25, 0.3) is 0 Å². The molecule has 1 aromatic heterocycles. The van der Waals surface area contributed by atoms with Crippen molar-refractivity contribution in [3.05, 3.63) is 71.7 Å². The molecule has 182 valence electrons. The topological polar surface area (TPSA) is 52.8 Å². The molecule has 0 atom stereocenters. The summed E-state index contributed by atoms with van der Waals surface area (Å²) in [5, 5.41) is 6.75. The van der Waals surface area contributed by atoms with Crippen LogP contribution >= 0.6 is 24.0 Å². The predicted octanol–water partition coefficient (Wildman–Crippen LogP) is 5.23. The van der Waals surface area contributed by atoms with Gasteiger partial charge in [-0.3, -0.25) is 4.90 Å². The molecular formula is C24H32F3IN4O. The summed E-state index contributed by atoms with van der Waals surface area (Å²) in [4.78, 5) is 6.95. The minimum atomic E-state index is -4.36. The van der Waals surface area contributed by atoms with Gasteiger partial charge in [0.25, 0.3) is 0 Å². The maximum absolute atomic E-state index is 13.0. The summed E-state index contributed by atoms with van der Waals surface area (Å²) in [5.74, 6) is 1.47. The van der Waals surface area contributed by atoms with Gasteiger partial charge in [-0.15, -0.1) is 24.0 Å². The number of alkyl halides is 3. The Balaban J connectivity index is 0.00000385. The summed E-state index contributed by atoms with van der Waals surface area (Å²) in [7, 11) is 0. The van der Waals surface area contributed by atoms with Gasteiger partial charge in [0, 0.05) is 38.6 Å². The molecule has 0 spiro atoms. The van der Waals surface area contributed by atoms with E-state index in [9.17, 15) is 13.2 Å². The number of nitrogens with zero attached hydrogens (tertiary/aromatic N) is 2. The lowest BCUT2D eigenvalue weighted by atomic mass is 10.0. The molecule has 2 aromatic rings. The largest absolute Gasteiger partial charge is 0.469 e. The predicted molar refractivity (Wildman–Crippen MR) is 136 cm³/mol. The van der Waals surface area contributed by atoms with E-state index < -0.39 is 11.7 Å². The minimum absolute atomic E-state index is 0. The number of halogens is 4. The second kappa shape index (κ2) is 13.0. The number of hydrogen-bond donors (Lipinski definition) is 2. The Kier molecular flexibility index (Phi) is 10.7. The van der Waals surface area contributed by atoms with Gasteiger partial charge in [0.2, 0.25) is 0 Å². The van der Waals surface area contributed by atoms with E-state index in [-0.39, 0.29) is 36.6 Å². The van der Waals surface area contributed by atoms with Crippen LogP contribution in [0.4, 0.5) is 13.2 Å². The van der Waals surface area contributed by atoms with E-state index >= 15 is 0 Å². The average Bonchev–Trinajstić information content (AvgIpc) is 3.26. The van der Waals surface area contributed by atoms with E-state index in [1.807, 2.05) is 19.1 Å². The Morgan fingerprint density at radius 1 is 1.21 bits per heavy atom. The Morgan fingerprint density at radius 2 is 1.97 bits per heavy atom. The van der Waals surface area contributed by atoms with E-state index in [1.54, 1.807) is 12.3 Å². The third kappa shape index (κ3) is 9.40. The highest BCUT2D eigenvalue weighted by molar-refractivity contribution is 14.0. The minimum Gasteiger partial charge on any atom is -0.469 e.